The Hall–Kier alpha value is -4.82. The molecule has 194 valence electrons. The van der Waals surface area contributed by atoms with Crippen LogP contribution in [0.5, 0.6) is 0 Å². The van der Waals surface area contributed by atoms with Gasteiger partial charge in [0.15, 0.2) is 0 Å². The highest BCUT2D eigenvalue weighted by Crippen LogP contribution is 2.45. The summed E-state index contributed by atoms with van der Waals surface area (Å²) >= 11 is 0. The van der Waals surface area contributed by atoms with E-state index in [1.165, 1.54) is 55.7 Å². The van der Waals surface area contributed by atoms with Gasteiger partial charge in [0.05, 0.1) is 0 Å². The second-order valence-corrected chi connectivity index (χ2v) is 11.4. The minimum atomic E-state index is -0.213. The van der Waals surface area contributed by atoms with E-state index in [-0.39, 0.29) is 12.1 Å². The molecule has 2 heterocycles. The average Bonchev–Trinajstić information content (AvgIpc) is 3.04. The Kier molecular flexibility index (Phi) is 5.67. The fourth-order valence-electron chi connectivity index (χ4n) is 7.53. The Bertz CT molecular complexity index is 1800. The van der Waals surface area contributed by atoms with Crippen molar-refractivity contribution in [3.05, 3.63) is 180 Å². The second-order valence-electron chi connectivity index (χ2n) is 11.4. The van der Waals surface area contributed by atoms with Gasteiger partial charge in [-0.2, -0.15) is 0 Å². The van der Waals surface area contributed by atoms with Gasteiger partial charge in [-0.1, -0.05) is 139 Å². The van der Waals surface area contributed by atoms with Crippen LogP contribution in [0.3, 0.4) is 0 Å². The van der Waals surface area contributed by atoms with Gasteiger partial charge < -0.3 is 4.90 Å². The first-order valence-corrected chi connectivity index (χ1v) is 14.6. The Morgan fingerprint density at radius 2 is 0.951 bits per heavy atom. The monoisotopic (exact) mass is 523 g/mol. The van der Waals surface area contributed by atoms with Gasteiger partial charge in [-0.25, -0.2) is 0 Å². The molecule has 6 aromatic carbocycles. The van der Waals surface area contributed by atoms with Gasteiger partial charge in [-0.15, -0.1) is 0 Å². The van der Waals surface area contributed by atoms with Gasteiger partial charge in [0.2, 0.25) is 6.71 Å². The first kappa shape index (κ1) is 24.0. The minimum absolute atomic E-state index is 0.188. The minimum Gasteiger partial charge on any atom is -0.312 e. The van der Waals surface area contributed by atoms with Crippen molar-refractivity contribution in [2.75, 3.05) is 4.90 Å². The summed E-state index contributed by atoms with van der Waals surface area (Å²) in [5.74, 6) is 0. The number of benzene rings is 6. The van der Waals surface area contributed by atoms with Crippen molar-refractivity contribution in [3.63, 3.8) is 0 Å². The van der Waals surface area contributed by atoms with Crippen LogP contribution in [0.1, 0.15) is 22.3 Å². The number of para-hydroxylation sites is 2. The zero-order valence-electron chi connectivity index (χ0n) is 22.9. The van der Waals surface area contributed by atoms with Crippen molar-refractivity contribution in [3.8, 4) is 0 Å². The van der Waals surface area contributed by atoms with Crippen LogP contribution < -0.4 is 21.3 Å². The van der Waals surface area contributed by atoms with E-state index < -0.39 is 0 Å². The van der Waals surface area contributed by atoms with E-state index in [0.29, 0.717) is 0 Å². The van der Waals surface area contributed by atoms with Gasteiger partial charge >= 0.3 is 0 Å². The van der Waals surface area contributed by atoms with Crippen LogP contribution in [0, 0.1) is 0 Å². The van der Waals surface area contributed by atoms with Crippen molar-refractivity contribution in [2.24, 2.45) is 0 Å². The van der Waals surface area contributed by atoms with Crippen molar-refractivity contribution in [1.29, 1.82) is 0 Å². The maximum atomic E-state index is 2.48. The zero-order chi connectivity index (χ0) is 27.2. The number of fused-ring (bicyclic) bond motifs is 4. The smallest absolute Gasteiger partial charge is 0.247 e. The summed E-state index contributed by atoms with van der Waals surface area (Å²) in [6.45, 7) is 0.188. The van der Waals surface area contributed by atoms with E-state index in [0.717, 1.165) is 12.8 Å². The zero-order valence-corrected chi connectivity index (χ0v) is 22.9. The van der Waals surface area contributed by atoms with Crippen LogP contribution in [-0.2, 0) is 18.3 Å². The summed E-state index contributed by atoms with van der Waals surface area (Å²) in [4.78, 5) is 2.48. The molecule has 2 aliphatic rings. The molecule has 0 amide bonds. The predicted octanol–water partition coefficient (Wildman–Crippen LogP) is 7.07. The Balaban J connectivity index is 1.46. The molecule has 0 saturated heterocycles. The molecular weight excluding hydrogens is 493 g/mol. The van der Waals surface area contributed by atoms with Crippen LogP contribution in [0.25, 0.3) is 0 Å². The average molecular weight is 523 g/mol. The first-order chi connectivity index (χ1) is 20.3. The topological polar surface area (TPSA) is 3.24 Å². The molecule has 0 unspecified atom stereocenters. The second kappa shape index (κ2) is 9.68. The first-order valence-electron chi connectivity index (χ1n) is 14.6. The molecule has 2 aliphatic heterocycles. The van der Waals surface area contributed by atoms with E-state index in [1.54, 1.807) is 0 Å². The molecule has 0 fully saturated rings. The largest absolute Gasteiger partial charge is 0.312 e. The summed E-state index contributed by atoms with van der Waals surface area (Å²) in [7, 11) is 0. The van der Waals surface area contributed by atoms with Crippen molar-refractivity contribution >= 4 is 40.2 Å². The summed E-state index contributed by atoms with van der Waals surface area (Å²) in [5, 5.41) is 0. The van der Waals surface area contributed by atoms with Crippen molar-refractivity contribution in [2.45, 2.75) is 18.3 Å². The molecule has 0 saturated carbocycles. The SMILES string of the molecule is c1ccc(CC2(Cc3ccccc3)c3ccccc3B3c4ccccc4N(c4ccccc4)c4cccc2c43)cc1. The summed E-state index contributed by atoms with van der Waals surface area (Å²) in [6, 6.07) is 58.3. The maximum absolute atomic E-state index is 2.48. The third kappa shape index (κ3) is 3.78. The molecule has 0 aliphatic carbocycles. The molecular formula is C39H30BN. The maximum Gasteiger partial charge on any atom is 0.247 e. The quantitative estimate of drug-likeness (QED) is 0.218. The van der Waals surface area contributed by atoms with Crippen molar-refractivity contribution in [1.82, 2.24) is 0 Å². The van der Waals surface area contributed by atoms with E-state index in [2.05, 4.69) is 163 Å². The highest BCUT2D eigenvalue weighted by molar-refractivity contribution is 6.99. The molecule has 1 nitrogen and oxygen atoms in total. The van der Waals surface area contributed by atoms with Crippen LogP contribution in [0.15, 0.2) is 158 Å². The van der Waals surface area contributed by atoms with Gasteiger partial charge in [-0.05, 0) is 70.3 Å². The molecule has 41 heavy (non-hydrogen) atoms. The van der Waals surface area contributed by atoms with Crippen LogP contribution in [-0.4, -0.2) is 6.71 Å². The lowest BCUT2D eigenvalue weighted by molar-refractivity contribution is 0.510. The molecule has 0 bridgehead atoms. The molecule has 0 spiro atoms. The van der Waals surface area contributed by atoms with Gasteiger partial charge in [0, 0.05) is 22.5 Å². The highest BCUT2D eigenvalue weighted by Gasteiger charge is 2.49. The summed E-state index contributed by atoms with van der Waals surface area (Å²) < 4.78 is 0. The third-order valence-electron chi connectivity index (χ3n) is 9.12. The van der Waals surface area contributed by atoms with Crippen LogP contribution in [0.2, 0.25) is 0 Å². The van der Waals surface area contributed by atoms with E-state index in [4.69, 9.17) is 0 Å². The van der Waals surface area contributed by atoms with Gasteiger partial charge in [0.1, 0.15) is 0 Å². The number of hydrogen-bond acceptors (Lipinski definition) is 1. The standard InChI is InChI=1S/C39H30BN/c1-4-15-29(16-5-1)27-39(28-30-17-6-2-7-18-30)32-21-10-11-23-34(32)40-35-24-12-13-25-36(35)41(31-19-8-3-9-20-31)37-26-14-22-33(39)38(37)40/h1-26H,27-28H2. The molecule has 0 atom stereocenters. The Morgan fingerprint density at radius 3 is 1.63 bits per heavy atom. The summed E-state index contributed by atoms with van der Waals surface area (Å²) in [5.41, 5.74) is 13.4. The number of anilines is 3. The molecule has 2 heteroatoms. The summed E-state index contributed by atoms with van der Waals surface area (Å²) in [6.07, 6.45) is 1.88. The van der Waals surface area contributed by atoms with Crippen LogP contribution >= 0.6 is 0 Å². The van der Waals surface area contributed by atoms with E-state index in [9.17, 15) is 0 Å². The normalized spacial score (nSPS) is 14.1. The Labute approximate surface area is 242 Å². The lowest BCUT2D eigenvalue weighted by atomic mass is 9.29. The van der Waals surface area contributed by atoms with Crippen molar-refractivity contribution < 1.29 is 0 Å². The molecule has 0 aromatic heterocycles. The number of rotatable bonds is 5. The number of hydrogen-bond donors (Lipinski definition) is 0. The predicted molar refractivity (Wildman–Crippen MR) is 173 cm³/mol. The lowest BCUT2D eigenvalue weighted by Crippen LogP contribution is -2.65. The Morgan fingerprint density at radius 1 is 0.439 bits per heavy atom. The molecule has 0 N–H and O–H groups in total. The fourth-order valence-corrected chi connectivity index (χ4v) is 7.53. The molecule has 6 aromatic rings. The number of nitrogens with zero attached hydrogens (tertiary/aromatic N) is 1. The van der Waals surface area contributed by atoms with Gasteiger partial charge in [-0.3, -0.25) is 0 Å². The van der Waals surface area contributed by atoms with Crippen LogP contribution in [0.4, 0.5) is 17.1 Å². The molecule has 0 radical (unpaired) electrons. The molecule has 8 rings (SSSR count). The van der Waals surface area contributed by atoms with E-state index in [1.807, 2.05) is 0 Å². The third-order valence-corrected chi connectivity index (χ3v) is 9.12. The fraction of sp³-hybridized carbons (Fsp3) is 0.0769. The van der Waals surface area contributed by atoms with Gasteiger partial charge in [0.25, 0.3) is 0 Å². The van der Waals surface area contributed by atoms with E-state index >= 15 is 0 Å². The lowest BCUT2D eigenvalue weighted by Gasteiger charge is -2.48. The highest BCUT2D eigenvalue weighted by atomic mass is 15.1.